The first-order chi connectivity index (χ1) is 16.7. The van der Waals surface area contributed by atoms with Gasteiger partial charge in [-0.2, -0.15) is 0 Å². The van der Waals surface area contributed by atoms with Crippen molar-refractivity contribution in [2.45, 2.75) is 38.1 Å². The van der Waals surface area contributed by atoms with Gasteiger partial charge < -0.3 is 5.32 Å². The molecule has 0 bridgehead atoms. The number of benzene rings is 2. The first-order valence-corrected chi connectivity index (χ1v) is 13.8. The smallest absolute Gasteiger partial charge is 0.276 e. The quantitative estimate of drug-likeness (QED) is 0.230. The number of anilines is 2. The van der Waals surface area contributed by atoms with Gasteiger partial charge >= 0.3 is 0 Å². The molecule has 1 saturated carbocycles. The first-order valence-electron chi connectivity index (χ1n) is 11.2. The zero-order valence-electron chi connectivity index (χ0n) is 19.5. The molecule has 184 valence electrons. The summed E-state index contributed by atoms with van der Waals surface area (Å²) in [7, 11) is -3.85. The number of hydrogen-bond acceptors (Lipinski definition) is 6. The van der Waals surface area contributed by atoms with Crippen molar-refractivity contribution in [3.8, 4) is 0 Å². The Morgan fingerprint density at radius 3 is 2.63 bits per heavy atom. The average Bonchev–Trinajstić information content (AvgIpc) is 3.65. The fraction of sp³-hybridized carbons (Fsp3) is 0.280. The van der Waals surface area contributed by atoms with E-state index in [0.717, 1.165) is 38.9 Å². The maximum absolute atomic E-state index is 13.1. The Balaban J connectivity index is 1.60. The van der Waals surface area contributed by atoms with Crippen LogP contribution in [0.2, 0.25) is 0 Å². The zero-order chi connectivity index (χ0) is 25.0. The van der Waals surface area contributed by atoms with Crippen LogP contribution >= 0.6 is 22.6 Å². The molecule has 8 nitrogen and oxygen atoms in total. The van der Waals surface area contributed by atoms with Gasteiger partial charge in [0.25, 0.3) is 5.91 Å². The molecule has 4 rings (SSSR count). The third kappa shape index (κ3) is 6.78. The number of aromatic nitrogens is 1. The summed E-state index contributed by atoms with van der Waals surface area (Å²) in [6.07, 6.45) is 3.87. The highest BCUT2D eigenvalue weighted by Crippen LogP contribution is 2.29. The van der Waals surface area contributed by atoms with Crippen LogP contribution in [0.4, 0.5) is 11.4 Å². The maximum atomic E-state index is 13.1. The minimum absolute atomic E-state index is 0.0418. The fourth-order valence-electron chi connectivity index (χ4n) is 3.43. The van der Waals surface area contributed by atoms with Crippen LogP contribution in [0.3, 0.4) is 0 Å². The van der Waals surface area contributed by atoms with Gasteiger partial charge in [0, 0.05) is 27.7 Å². The molecule has 0 spiro atoms. The summed E-state index contributed by atoms with van der Waals surface area (Å²) < 4.78 is 29.9. The maximum Gasteiger partial charge on any atom is 0.276 e. The fourth-order valence-corrected chi connectivity index (χ4v) is 5.11. The van der Waals surface area contributed by atoms with Crippen molar-refractivity contribution >= 4 is 49.9 Å². The number of carbonyl (C=O) groups excluding carboxylic acids is 1. The summed E-state index contributed by atoms with van der Waals surface area (Å²) in [4.78, 5) is 22.4. The molecule has 1 fully saturated rings. The van der Waals surface area contributed by atoms with Crippen LogP contribution in [0.15, 0.2) is 59.6 Å². The Morgan fingerprint density at radius 2 is 1.91 bits per heavy atom. The predicted molar refractivity (Wildman–Crippen MR) is 143 cm³/mol. The lowest BCUT2D eigenvalue weighted by molar-refractivity contribution is 0.0271. The summed E-state index contributed by atoms with van der Waals surface area (Å²) in [5.41, 5.74) is 6.40. The average molecular weight is 606 g/mol. The molecule has 1 heterocycles. The molecule has 3 N–H and O–H groups in total. The van der Waals surface area contributed by atoms with Gasteiger partial charge in [-0.1, -0.05) is 6.07 Å². The summed E-state index contributed by atoms with van der Waals surface area (Å²) in [5.74, 6) is 0.0450. The molecule has 0 unspecified atom stereocenters. The molecule has 3 aromatic rings. The highest BCUT2D eigenvalue weighted by atomic mass is 127. The monoisotopic (exact) mass is 606 g/mol. The Labute approximate surface area is 219 Å². The van der Waals surface area contributed by atoms with Gasteiger partial charge in [0.1, 0.15) is 0 Å². The molecular weight excluding hydrogens is 579 g/mol. The van der Waals surface area contributed by atoms with E-state index < -0.39 is 15.9 Å². The molecule has 0 saturated heterocycles. The zero-order valence-corrected chi connectivity index (χ0v) is 22.4. The van der Waals surface area contributed by atoms with E-state index in [9.17, 15) is 13.2 Å². The highest BCUT2D eigenvalue weighted by molar-refractivity contribution is 14.1. The van der Waals surface area contributed by atoms with E-state index in [4.69, 9.17) is 4.84 Å². The molecule has 1 amide bonds. The number of hydroxylamine groups is 1. The number of nitrogens with one attached hydrogen (secondary N) is 3. The van der Waals surface area contributed by atoms with Crippen LogP contribution in [0.1, 0.15) is 40.0 Å². The summed E-state index contributed by atoms with van der Waals surface area (Å²) in [6, 6.07) is 13.8. The number of carbonyl (C=O) groups is 1. The van der Waals surface area contributed by atoms with Gasteiger partial charge in [0.15, 0.2) is 0 Å². The number of aryl methyl sites for hydroxylation is 2. The van der Waals surface area contributed by atoms with Crippen LogP contribution in [-0.4, -0.2) is 25.9 Å². The van der Waals surface area contributed by atoms with Crippen molar-refractivity contribution in [3.05, 3.63) is 80.7 Å². The minimum Gasteiger partial charge on any atom is -0.355 e. The standard InChI is InChI=1S/C25H27IN4O4S/c1-16-12-20(26)7-10-23(16)29-24-13-21(8-9-22(24)25(31)30-34-15-18-5-6-18)35(32,33)28-14-19-4-3-11-27-17(19)2/h3-4,7-13,18,28-29H,5-6,14-15H2,1-2H3,(H,30,31). The van der Waals surface area contributed by atoms with Crippen LogP contribution in [0.5, 0.6) is 0 Å². The third-order valence-corrected chi connectivity index (χ3v) is 7.82. The van der Waals surface area contributed by atoms with Crippen LogP contribution in [-0.2, 0) is 21.4 Å². The number of pyridine rings is 1. The number of nitrogens with zero attached hydrogens (tertiary/aromatic N) is 1. The lowest BCUT2D eigenvalue weighted by atomic mass is 10.1. The van der Waals surface area contributed by atoms with Crippen LogP contribution < -0.4 is 15.5 Å². The lowest BCUT2D eigenvalue weighted by Crippen LogP contribution is -2.26. The minimum atomic E-state index is -3.85. The molecule has 1 aliphatic rings. The molecule has 10 heteroatoms. The van der Waals surface area contributed by atoms with E-state index in [1.807, 2.05) is 38.1 Å². The Hall–Kier alpha value is -2.54. The summed E-state index contributed by atoms with van der Waals surface area (Å²) in [6.45, 7) is 4.35. The number of halogens is 1. The molecular formula is C25H27IN4O4S. The van der Waals surface area contributed by atoms with Crippen molar-refractivity contribution in [2.24, 2.45) is 5.92 Å². The van der Waals surface area contributed by atoms with Gasteiger partial charge in [-0.25, -0.2) is 18.6 Å². The summed E-state index contributed by atoms with van der Waals surface area (Å²) in [5, 5.41) is 3.23. The van der Waals surface area contributed by atoms with E-state index in [1.165, 1.54) is 18.2 Å². The molecule has 0 radical (unpaired) electrons. The van der Waals surface area contributed by atoms with E-state index in [2.05, 4.69) is 43.1 Å². The van der Waals surface area contributed by atoms with Gasteiger partial charge in [-0.05, 0) is 109 Å². The van der Waals surface area contributed by atoms with Gasteiger partial charge in [0.2, 0.25) is 10.0 Å². The number of amides is 1. The SMILES string of the molecule is Cc1cc(I)ccc1Nc1cc(S(=O)(=O)NCc2cccnc2C)ccc1C(=O)NOCC1CC1. The second kappa shape index (κ2) is 11.0. The van der Waals surface area contributed by atoms with E-state index >= 15 is 0 Å². The van der Waals surface area contributed by atoms with E-state index in [1.54, 1.807) is 12.3 Å². The van der Waals surface area contributed by atoms with Gasteiger partial charge in [0.05, 0.1) is 22.8 Å². The Kier molecular flexibility index (Phi) is 8.05. The first kappa shape index (κ1) is 25.5. The lowest BCUT2D eigenvalue weighted by Gasteiger charge is -2.16. The number of sulfonamides is 1. The van der Waals surface area contributed by atoms with Crippen molar-refractivity contribution in [2.75, 3.05) is 11.9 Å². The molecule has 1 aliphatic carbocycles. The Bertz CT molecular complexity index is 1340. The van der Waals surface area contributed by atoms with E-state index in [-0.39, 0.29) is 17.0 Å². The van der Waals surface area contributed by atoms with Crippen LogP contribution in [0, 0.1) is 23.3 Å². The van der Waals surface area contributed by atoms with Crippen molar-refractivity contribution < 1.29 is 18.0 Å². The normalized spacial score (nSPS) is 13.5. The Morgan fingerprint density at radius 1 is 1.11 bits per heavy atom. The third-order valence-electron chi connectivity index (χ3n) is 5.75. The number of rotatable bonds is 10. The second-order valence-corrected chi connectivity index (χ2v) is 11.6. The molecule has 1 aromatic heterocycles. The predicted octanol–water partition coefficient (Wildman–Crippen LogP) is 4.60. The van der Waals surface area contributed by atoms with Crippen LogP contribution in [0.25, 0.3) is 0 Å². The molecule has 35 heavy (non-hydrogen) atoms. The second-order valence-electron chi connectivity index (χ2n) is 8.55. The van der Waals surface area contributed by atoms with Crippen molar-refractivity contribution in [3.63, 3.8) is 0 Å². The van der Waals surface area contributed by atoms with Crippen molar-refractivity contribution in [1.82, 2.24) is 15.2 Å². The molecule has 0 aliphatic heterocycles. The largest absolute Gasteiger partial charge is 0.355 e. The summed E-state index contributed by atoms with van der Waals surface area (Å²) >= 11 is 2.23. The van der Waals surface area contributed by atoms with E-state index in [0.29, 0.717) is 18.2 Å². The highest BCUT2D eigenvalue weighted by Gasteiger charge is 2.23. The number of hydrogen-bond donors (Lipinski definition) is 3. The van der Waals surface area contributed by atoms with Gasteiger partial charge in [-0.3, -0.25) is 14.6 Å². The topological polar surface area (TPSA) is 109 Å². The molecule has 0 atom stereocenters. The molecule has 2 aromatic carbocycles. The van der Waals surface area contributed by atoms with Gasteiger partial charge in [-0.15, -0.1) is 0 Å². The van der Waals surface area contributed by atoms with Crippen molar-refractivity contribution in [1.29, 1.82) is 0 Å².